The summed E-state index contributed by atoms with van der Waals surface area (Å²) in [4.78, 5) is 15.7. The smallest absolute Gasteiger partial charge is 0.168 e. The predicted octanol–water partition coefficient (Wildman–Crippen LogP) is 3.44. The lowest BCUT2D eigenvalue weighted by atomic mass is 10.0. The molecule has 0 atom stereocenters. The SMILES string of the molecule is O=C(Cc1ccc(F)c(F)c1)c1ccncc1Cl. The van der Waals surface area contributed by atoms with Crippen molar-refractivity contribution in [2.75, 3.05) is 0 Å². The molecule has 1 aromatic heterocycles. The van der Waals surface area contributed by atoms with Gasteiger partial charge in [-0.2, -0.15) is 0 Å². The Morgan fingerprint density at radius 1 is 1.22 bits per heavy atom. The number of halogens is 3. The molecule has 0 bridgehead atoms. The van der Waals surface area contributed by atoms with Crippen LogP contribution in [-0.4, -0.2) is 10.8 Å². The van der Waals surface area contributed by atoms with Crippen LogP contribution in [0.2, 0.25) is 5.02 Å². The third-order valence-electron chi connectivity index (χ3n) is 2.42. The second-order valence-electron chi connectivity index (χ2n) is 3.70. The lowest BCUT2D eigenvalue weighted by Crippen LogP contribution is -2.05. The molecule has 2 nitrogen and oxygen atoms in total. The molecule has 2 rings (SSSR count). The van der Waals surface area contributed by atoms with Gasteiger partial charge in [0.25, 0.3) is 0 Å². The van der Waals surface area contributed by atoms with Crippen molar-refractivity contribution in [3.8, 4) is 0 Å². The van der Waals surface area contributed by atoms with Crippen LogP contribution in [-0.2, 0) is 6.42 Å². The highest BCUT2D eigenvalue weighted by molar-refractivity contribution is 6.33. The van der Waals surface area contributed by atoms with Crippen molar-refractivity contribution < 1.29 is 13.6 Å². The first-order chi connectivity index (χ1) is 8.58. The molecule has 5 heteroatoms. The Kier molecular flexibility index (Phi) is 3.67. The fourth-order valence-corrected chi connectivity index (χ4v) is 1.76. The first-order valence-electron chi connectivity index (χ1n) is 5.14. The van der Waals surface area contributed by atoms with Crippen LogP contribution in [0.4, 0.5) is 8.78 Å². The van der Waals surface area contributed by atoms with E-state index in [1.54, 1.807) is 0 Å². The minimum atomic E-state index is -0.971. The lowest BCUT2D eigenvalue weighted by Gasteiger charge is -2.03. The van der Waals surface area contributed by atoms with Gasteiger partial charge >= 0.3 is 0 Å². The molecule has 18 heavy (non-hydrogen) atoms. The molecule has 1 heterocycles. The van der Waals surface area contributed by atoms with Gasteiger partial charge in [-0.15, -0.1) is 0 Å². The van der Waals surface area contributed by atoms with Gasteiger partial charge in [0.1, 0.15) is 0 Å². The second-order valence-corrected chi connectivity index (χ2v) is 4.11. The summed E-state index contributed by atoms with van der Waals surface area (Å²) in [6.07, 6.45) is 2.77. The number of hydrogen-bond donors (Lipinski definition) is 0. The first kappa shape index (κ1) is 12.6. The third-order valence-corrected chi connectivity index (χ3v) is 2.72. The van der Waals surface area contributed by atoms with E-state index in [1.807, 2.05) is 0 Å². The number of carbonyl (C=O) groups excluding carboxylic acids is 1. The van der Waals surface area contributed by atoms with Crippen molar-refractivity contribution in [3.63, 3.8) is 0 Å². The first-order valence-corrected chi connectivity index (χ1v) is 5.52. The predicted molar refractivity (Wildman–Crippen MR) is 63.6 cm³/mol. The van der Waals surface area contributed by atoms with Crippen molar-refractivity contribution in [2.45, 2.75) is 6.42 Å². The molecule has 0 amide bonds. The molecule has 0 fully saturated rings. The van der Waals surface area contributed by atoms with Gasteiger partial charge in [0.05, 0.1) is 5.02 Å². The van der Waals surface area contributed by atoms with Crippen molar-refractivity contribution in [1.29, 1.82) is 0 Å². The third kappa shape index (κ3) is 2.71. The van der Waals surface area contributed by atoms with Crippen LogP contribution in [0.1, 0.15) is 15.9 Å². The highest BCUT2D eigenvalue weighted by Crippen LogP contribution is 2.17. The van der Waals surface area contributed by atoms with Gasteiger partial charge in [0, 0.05) is 24.4 Å². The molecular formula is C13H8ClF2NO. The Hall–Kier alpha value is -1.81. The summed E-state index contributed by atoms with van der Waals surface area (Å²) in [6, 6.07) is 4.85. The van der Waals surface area contributed by atoms with Crippen LogP contribution in [0, 0.1) is 11.6 Å². The molecule has 1 aromatic carbocycles. The maximum atomic E-state index is 13.0. The average Bonchev–Trinajstić information content (AvgIpc) is 2.34. The Bertz CT molecular complexity index is 601. The number of rotatable bonds is 3. The van der Waals surface area contributed by atoms with E-state index in [2.05, 4.69) is 4.98 Å². The Morgan fingerprint density at radius 3 is 2.67 bits per heavy atom. The molecule has 0 saturated heterocycles. The van der Waals surface area contributed by atoms with E-state index < -0.39 is 11.6 Å². The number of pyridine rings is 1. The van der Waals surface area contributed by atoms with Gasteiger partial charge in [-0.1, -0.05) is 17.7 Å². The zero-order valence-corrected chi connectivity index (χ0v) is 9.92. The molecule has 2 aromatic rings. The molecule has 0 radical (unpaired) electrons. The molecule has 0 aliphatic carbocycles. The summed E-state index contributed by atoms with van der Waals surface area (Å²) in [5.41, 5.74) is 0.711. The Labute approximate surface area is 107 Å². The molecule has 0 saturated carbocycles. The summed E-state index contributed by atoms with van der Waals surface area (Å²) in [5.74, 6) is -2.18. The zero-order valence-electron chi connectivity index (χ0n) is 9.16. The van der Waals surface area contributed by atoms with Gasteiger partial charge in [0.15, 0.2) is 17.4 Å². The molecule has 0 N–H and O–H groups in total. The molecule has 0 aliphatic heterocycles. The van der Waals surface area contributed by atoms with Crippen LogP contribution < -0.4 is 0 Å². The zero-order chi connectivity index (χ0) is 13.1. The van der Waals surface area contributed by atoms with Gasteiger partial charge in [-0.3, -0.25) is 9.78 Å². The second kappa shape index (κ2) is 5.23. The van der Waals surface area contributed by atoms with Gasteiger partial charge in [-0.05, 0) is 23.8 Å². The highest BCUT2D eigenvalue weighted by Gasteiger charge is 2.12. The molecule has 92 valence electrons. The van der Waals surface area contributed by atoms with Crippen LogP contribution in [0.3, 0.4) is 0 Å². The van der Waals surface area contributed by atoms with E-state index in [-0.39, 0.29) is 17.2 Å². The van der Waals surface area contributed by atoms with Crippen LogP contribution in [0.5, 0.6) is 0 Å². The van der Waals surface area contributed by atoms with E-state index in [1.165, 1.54) is 24.5 Å². The van der Waals surface area contributed by atoms with Crippen molar-refractivity contribution in [1.82, 2.24) is 4.98 Å². The van der Waals surface area contributed by atoms with Crippen LogP contribution in [0.25, 0.3) is 0 Å². The lowest BCUT2D eigenvalue weighted by molar-refractivity contribution is 0.0993. The van der Waals surface area contributed by atoms with E-state index in [0.717, 1.165) is 12.1 Å². The monoisotopic (exact) mass is 267 g/mol. The van der Waals surface area contributed by atoms with Gasteiger partial charge in [-0.25, -0.2) is 8.78 Å². The Morgan fingerprint density at radius 2 is 2.00 bits per heavy atom. The summed E-state index contributed by atoms with van der Waals surface area (Å²) in [5, 5.41) is 0.241. The molecule has 0 aliphatic rings. The topological polar surface area (TPSA) is 30.0 Å². The Balaban J connectivity index is 2.22. The fraction of sp³-hybridized carbons (Fsp3) is 0.0769. The van der Waals surface area contributed by atoms with Gasteiger partial charge < -0.3 is 0 Å². The molecular weight excluding hydrogens is 260 g/mol. The summed E-state index contributed by atoms with van der Waals surface area (Å²) >= 11 is 5.82. The summed E-state index contributed by atoms with van der Waals surface area (Å²) in [6.45, 7) is 0. The maximum absolute atomic E-state index is 13.0. The minimum Gasteiger partial charge on any atom is -0.294 e. The normalized spacial score (nSPS) is 10.4. The minimum absolute atomic E-state index is 0.0407. The van der Waals surface area contributed by atoms with E-state index in [9.17, 15) is 13.6 Å². The highest BCUT2D eigenvalue weighted by atomic mass is 35.5. The number of benzene rings is 1. The number of carbonyl (C=O) groups is 1. The van der Waals surface area contributed by atoms with Crippen LogP contribution in [0.15, 0.2) is 36.7 Å². The average molecular weight is 268 g/mol. The number of hydrogen-bond acceptors (Lipinski definition) is 2. The summed E-state index contributed by atoms with van der Waals surface area (Å²) in [7, 11) is 0. The standard InChI is InChI=1S/C13H8ClF2NO/c14-10-7-17-4-3-9(10)13(18)6-8-1-2-11(15)12(16)5-8/h1-5,7H,6H2. The van der Waals surface area contributed by atoms with Crippen molar-refractivity contribution >= 4 is 17.4 Å². The number of Topliss-reactive ketones (excluding diaryl/α,β-unsaturated/α-hetero) is 1. The molecule has 0 unspecified atom stereocenters. The number of nitrogens with zero attached hydrogens (tertiary/aromatic N) is 1. The fourth-order valence-electron chi connectivity index (χ4n) is 1.53. The van der Waals surface area contributed by atoms with E-state index in [0.29, 0.717) is 11.1 Å². The van der Waals surface area contributed by atoms with Gasteiger partial charge in [0.2, 0.25) is 0 Å². The molecule has 0 spiro atoms. The maximum Gasteiger partial charge on any atom is 0.168 e. The quantitative estimate of drug-likeness (QED) is 0.798. The summed E-state index contributed by atoms with van der Waals surface area (Å²) < 4.78 is 25.7. The van der Waals surface area contributed by atoms with Crippen molar-refractivity contribution in [3.05, 3.63) is 64.4 Å². The number of ketones is 1. The van der Waals surface area contributed by atoms with Crippen LogP contribution >= 0.6 is 11.6 Å². The van der Waals surface area contributed by atoms with Crippen molar-refractivity contribution in [2.24, 2.45) is 0 Å². The number of aromatic nitrogens is 1. The largest absolute Gasteiger partial charge is 0.294 e. The van der Waals surface area contributed by atoms with E-state index >= 15 is 0 Å². The van der Waals surface area contributed by atoms with E-state index in [4.69, 9.17) is 11.6 Å².